The Morgan fingerprint density at radius 2 is 2.16 bits per heavy atom. The van der Waals surface area contributed by atoms with Crippen LogP contribution in [0.25, 0.3) is 0 Å². The summed E-state index contributed by atoms with van der Waals surface area (Å²) in [5.41, 5.74) is -0.242. The van der Waals surface area contributed by atoms with Crippen molar-refractivity contribution in [3.8, 4) is 6.07 Å². The zero-order valence-corrected chi connectivity index (χ0v) is 10.7. The lowest BCUT2D eigenvalue weighted by Crippen LogP contribution is -2.23. The molecule has 2 rings (SSSR count). The highest BCUT2D eigenvalue weighted by Gasteiger charge is 2.36. The molecule has 1 heterocycles. The van der Waals surface area contributed by atoms with E-state index in [2.05, 4.69) is 0 Å². The molecule has 0 amide bonds. The van der Waals surface area contributed by atoms with Crippen LogP contribution in [0.15, 0.2) is 18.2 Å². The van der Waals surface area contributed by atoms with Crippen LogP contribution in [0.5, 0.6) is 0 Å². The van der Waals surface area contributed by atoms with E-state index < -0.39 is 11.7 Å². The molecule has 0 N–H and O–H groups in total. The minimum absolute atomic E-state index is 0.141. The second-order valence-corrected chi connectivity index (χ2v) is 4.85. The Morgan fingerprint density at radius 1 is 1.42 bits per heavy atom. The Bertz CT molecular complexity index is 502. The molecule has 0 aliphatic carbocycles. The number of alkyl halides is 3. The summed E-state index contributed by atoms with van der Waals surface area (Å²) in [5, 5.41) is 8.85. The van der Waals surface area contributed by atoms with Crippen LogP contribution in [0, 0.1) is 17.2 Å². The maximum absolute atomic E-state index is 13.0. The quantitative estimate of drug-likeness (QED) is 0.815. The van der Waals surface area contributed by atoms with E-state index in [9.17, 15) is 13.2 Å². The van der Waals surface area contributed by atoms with Gasteiger partial charge in [-0.05, 0) is 30.5 Å². The van der Waals surface area contributed by atoms with Gasteiger partial charge in [0.25, 0.3) is 0 Å². The summed E-state index contributed by atoms with van der Waals surface area (Å²) in [6.45, 7) is 3.30. The predicted molar refractivity (Wildman–Crippen MR) is 66.8 cm³/mol. The number of rotatable bonds is 2. The molecule has 0 radical (unpaired) electrons. The van der Waals surface area contributed by atoms with Crippen LogP contribution in [0.1, 0.15) is 30.9 Å². The number of hydrogen-bond donors (Lipinski definition) is 0. The highest BCUT2D eigenvalue weighted by Crippen LogP contribution is 2.39. The van der Waals surface area contributed by atoms with Crippen molar-refractivity contribution >= 4 is 5.69 Å². The van der Waals surface area contributed by atoms with E-state index in [-0.39, 0.29) is 11.3 Å². The summed E-state index contributed by atoms with van der Waals surface area (Å²) >= 11 is 0. The van der Waals surface area contributed by atoms with Gasteiger partial charge in [0, 0.05) is 13.1 Å². The van der Waals surface area contributed by atoms with Crippen LogP contribution >= 0.6 is 0 Å². The molecule has 0 aromatic heterocycles. The molecular formula is C14H15F3N2. The Kier molecular flexibility index (Phi) is 3.70. The lowest BCUT2D eigenvalue weighted by Gasteiger charge is -2.23. The number of nitriles is 1. The molecule has 1 saturated heterocycles. The number of nitrogens with zero attached hydrogens (tertiary/aromatic N) is 2. The first-order chi connectivity index (χ1) is 8.95. The van der Waals surface area contributed by atoms with Gasteiger partial charge in [-0.15, -0.1) is 0 Å². The Labute approximate surface area is 110 Å². The van der Waals surface area contributed by atoms with Crippen LogP contribution in [0.2, 0.25) is 0 Å². The average molecular weight is 268 g/mol. The second-order valence-electron chi connectivity index (χ2n) is 4.85. The Hall–Kier alpha value is -1.70. The van der Waals surface area contributed by atoms with Gasteiger partial charge >= 0.3 is 6.18 Å². The molecule has 2 nitrogen and oxygen atoms in total. The van der Waals surface area contributed by atoms with Gasteiger partial charge in [0.15, 0.2) is 0 Å². The zero-order chi connectivity index (χ0) is 14.0. The number of halogens is 3. The molecule has 1 fully saturated rings. The van der Waals surface area contributed by atoms with Crippen LogP contribution in [-0.4, -0.2) is 13.1 Å². The van der Waals surface area contributed by atoms with Crippen LogP contribution in [0.3, 0.4) is 0 Å². The molecular weight excluding hydrogens is 253 g/mol. The zero-order valence-electron chi connectivity index (χ0n) is 10.7. The second kappa shape index (κ2) is 5.12. The largest absolute Gasteiger partial charge is 0.418 e. The van der Waals surface area contributed by atoms with Crippen LogP contribution in [0.4, 0.5) is 18.9 Å². The van der Waals surface area contributed by atoms with Crippen molar-refractivity contribution < 1.29 is 13.2 Å². The lowest BCUT2D eigenvalue weighted by molar-refractivity contribution is -0.137. The normalized spacial score (nSPS) is 19.5. The fourth-order valence-corrected chi connectivity index (χ4v) is 2.49. The molecule has 1 unspecified atom stereocenters. The highest BCUT2D eigenvalue weighted by molar-refractivity contribution is 5.59. The smallest absolute Gasteiger partial charge is 0.371 e. The van der Waals surface area contributed by atoms with Gasteiger partial charge in [-0.2, -0.15) is 18.4 Å². The summed E-state index contributed by atoms with van der Waals surface area (Å²) in [5.74, 6) is 0.437. The van der Waals surface area contributed by atoms with Crippen molar-refractivity contribution in [2.45, 2.75) is 25.9 Å². The van der Waals surface area contributed by atoms with Gasteiger partial charge in [0.1, 0.15) is 0 Å². The van der Waals surface area contributed by atoms with E-state index in [0.717, 1.165) is 18.9 Å². The van der Waals surface area contributed by atoms with Crippen molar-refractivity contribution in [2.75, 3.05) is 18.0 Å². The molecule has 19 heavy (non-hydrogen) atoms. The molecule has 1 aliphatic rings. The summed E-state index contributed by atoms with van der Waals surface area (Å²) in [7, 11) is 0. The number of benzene rings is 1. The minimum atomic E-state index is -4.38. The highest BCUT2D eigenvalue weighted by atomic mass is 19.4. The van der Waals surface area contributed by atoms with Crippen molar-refractivity contribution in [1.82, 2.24) is 0 Å². The lowest BCUT2D eigenvalue weighted by atomic mass is 10.1. The van der Waals surface area contributed by atoms with Crippen molar-refractivity contribution in [3.63, 3.8) is 0 Å². The number of anilines is 1. The maximum Gasteiger partial charge on any atom is 0.418 e. The molecule has 1 aliphatic heterocycles. The van der Waals surface area contributed by atoms with Crippen molar-refractivity contribution in [2.24, 2.45) is 5.92 Å². The van der Waals surface area contributed by atoms with E-state index in [1.807, 2.05) is 13.0 Å². The first kappa shape index (κ1) is 13.7. The van der Waals surface area contributed by atoms with E-state index in [0.29, 0.717) is 19.0 Å². The maximum atomic E-state index is 13.0. The van der Waals surface area contributed by atoms with Crippen LogP contribution in [-0.2, 0) is 6.18 Å². The summed E-state index contributed by atoms with van der Waals surface area (Å²) in [4.78, 5) is 1.75. The third-order valence-electron chi connectivity index (χ3n) is 3.64. The average Bonchev–Trinajstić information content (AvgIpc) is 2.85. The SMILES string of the molecule is CCC1CCN(c2cc(C#N)ccc2C(F)(F)F)C1. The topological polar surface area (TPSA) is 27.0 Å². The monoisotopic (exact) mass is 268 g/mol. The molecule has 1 aromatic carbocycles. The molecule has 102 valence electrons. The Balaban J connectivity index is 2.40. The molecule has 1 aromatic rings. The van der Waals surface area contributed by atoms with Gasteiger partial charge in [-0.3, -0.25) is 0 Å². The molecule has 0 saturated carbocycles. The van der Waals surface area contributed by atoms with E-state index in [1.165, 1.54) is 12.1 Å². The van der Waals surface area contributed by atoms with Gasteiger partial charge in [-0.1, -0.05) is 13.3 Å². The van der Waals surface area contributed by atoms with E-state index >= 15 is 0 Å². The van der Waals surface area contributed by atoms with E-state index in [4.69, 9.17) is 5.26 Å². The first-order valence-electron chi connectivity index (χ1n) is 6.32. The number of hydrogen-bond acceptors (Lipinski definition) is 2. The fraction of sp³-hybridized carbons (Fsp3) is 0.500. The molecule has 0 bridgehead atoms. The standard InChI is InChI=1S/C14H15F3N2/c1-2-10-5-6-19(9-10)13-7-11(8-18)3-4-12(13)14(15,16)17/h3-4,7,10H,2,5-6,9H2,1H3. The molecule has 1 atom stereocenters. The van der Waals surface area contributed by atoms with Crippen molar-refractivity contribution in [3.05, 3.63) is 29.3 Å². The molecule has 5 heteroatoms. The Morgan fingerprint density at radius 3 is 2.68 bits per heavy atom. The third-order valence-corrected chi connectivity index (χ3v) is 3.64. The van der Waals surface area contributed by atoms with Gasteiger partial charge in [0.2, 0.25) is 0 Å². The predicted octanol–water partition coefficient (Wildman–Crippen LogP) is 3.81. The van der Waals surface area contributed by atoms with Gasteiger partial charge < -0.3 is 4.90 Å². The van der Waals surface area contributed by atoms with Gasteiger partial charge in [-0.25, -0.2) is 0 Å². The summed E-state index contributed by atoms with van der Waals surface area (Å²) in [6, 6.07) is 5.48. The summed E-state index contributed by atoms with van der Waals surface area (Å²) in [6.07, 6.45) is -2.51. The molecule has 0 spiro atoms. The van der Waals surface area contributed by atoms with E-state index in [1.54, 1.807) is 4.90 Å². The first-order valence-corrected chi connectivity index (χ1v) is 6.32. The third kappa shape index (κ3) is 2.83. The van der Waals surface area contributed by atoms with Crippen LogP contribution < -0.4 is 4.90 Å². The minimum Gasteiger partial charge on any atom is -0.371 e. The van der Waals surface area contributed by atoms with Gasteiger partial charge in [0.05, 0.1) is 22.9 Å². The van der Waals surface area contributed by atoms with Crippen molar-refractivity contribution in [1.29, 1.82) is 5.26 Å². The fourth-order valence-electron chi connectivity index (χ4n) is 2.49. The summed E-state index contributed by atoms with van der Waals surface area (Å²) < 4.78 is 39.0.